The first-order valence-corrected chi connectivity index (χ1v) is 22.6. The second-order valence-corrected chi connectivity index (χ2v) is 19.2. The molecule has 0 nitrogen and oxygen atoms in total. The van der Waals surface area contributed by atoms with Crippen LogP contribution in [0.4, 0.5) is 0 Å². The zero-order valence-electron chi connectivity index (χ0n) is 37.0. The zero-order valence-corrected chi connectivity index (χ0v) is 37.0. The summed E-state index contributed by atoms with van der Waals surface area (Å²) in [6, 6.07) is 74.1. The molecule has 0 spiro atoms. The molecular formula is C63H50. The molecule has 9 aromatic carbocycles. The molecule has 0 unspecified atom stereocenters. The third-order valence-corrected chi connectivity index (χ3v) is 15.3. The summed E-state index contributed by atoms with van der Waals surface area (Å²) < 4.78 is 0. The predicted octanol–water partition coefficient (Wildman–Crippen LogP) is 16.3. The molecule has 0 N–H and O–H groups in total. The molecule has 0 aliphatic heterocycles. The molecule has 0 bridgehead atoms. The monoisotopic (exact) mass is 806 g/mol. The van der Waals surface area contributed by atoms with E-state index in [-0.39, 0.29) is 10.8 Å². The molecule has 0 saturated carbocycles. The van der Waals surface area contributed by atoms with E-state index in [0.717, 1.165) is 0 Å². The number of fused-ring (bicyclic) bond motifs is 9. The minimum Gasteiger partial charge on any atom is -0.0620 e. The van der Waals surface area contributed by atoms with Crippen LogP contribution in [0.5, 0.6) is 0 Å². The van der Waals surface area contributed by atoms with E-state index in [4.69, 9.17) is 0 Å². The second kappa shape index (κ2) is 13.5. The summed E-state index contributed by atoms with van der Waals surface area (Å²) in [6.07, 6.45) is 0. The van der Waals surface area contributed by atoms with Crippen LogP contribution < -0.4 is 0 Å². The summed E-state index contributed by atoms with van der Waals surface area (Å²) in [5.74, 6) is 0. The van der Waals surface area contributed by atoms with Crippen LogP contribution in [-0.2, 0) is 16.2 Å². The summed E-state index contributed by atoms with van der Waals surface area (Å²) in [5, 5.41) is 0. The number of rotatable bonds is 5. The normalized spacial score (nSPS) is 15.2. The number of hydrogen-bond donors (Lipinski definition) is 0. The highest BCUT2D eigenvalue weighted by atomic mass is 14.5. The van der Waals surface area contributed by atoms with Crippen molar-refractivity contribution >= 4 is 0 Å². The van der Waals surface area contributed by atoms with Gasteiger partial charge in [0.1, 0.15) is 0 Å². The van der Waals surface area contributed by atoms with Gasteiger partial charge in [0.25, 0.3) is 0 Å². The fraction of sp³-hybridized carbons (Fsp3) is 0.143. The fourth-order valence-corrected chi connectivity index (χ4v) is 12.3. The molecule has 0 heterocycles. The van der Waals surface area contributed by atoms with Crippen molar-refractivity contribution in [3.05, 3.63) is 250 Å². The van der Waals surface area contributed by atoms with Gasteiger partial charge in [0.15, 0.2) is 0 Å². The molecule has 0 fully saturated rings. The van der Waals surface area contributed by atoms with Crippen molar-refractivity contribution in [3.63, 3.8) is 0 Å². The molecule has 12 rings (SSSR count). The van der Waals surface area contributed by atoms with Gasteiger partial charge in [0.05, 0.1) is 5.41 Å². The van der Waals surface area contributed by atoms with Crippen molar-refractivity contribution < 1.29 is 0 Å². The first-order chi connectivity index (χ1) is 30.6. The largest absolute Gasteiger partial charge is 0.0714 e. The highest BCUT2D eigenvalue weighted by Gasteiger charge is 2.48. The van der Waals surface area contributed by atoms with Crippen molar-refractivity contribution in [2.75, 3.05) is 0 Å². The zero-order chi connectivity index (χ0) is 42.8. The van der Waals surface area contributed by atoms with Gasteiger partial charge in [-0.2, -0.15) is 0 Å². The van der Waals surface area contributed by atoms with E-state index < -0.39 is 5.41 Å². The van der Waals surface area contributed by atoms with Crippen LogP contribution in [0.25, 0.3) is 66.8 Å². The van der Waals surface area contributed by atoms with E-state index in [2.05, 4.69) is 236 Å². The van der Waals surface area contributed by atoms with Gasteiger partial charge in [-0.15, -0.1) is 0 Å². The Morgan fingerprint density at radius 3 is 1.19 bits per heavy atom. The lowest BCUT2D eigenvalue weighted by atomic mass is 9.66. The average molecular weight is 807 g/mol. The van der Waals surface area contributed by atoms with Crippen LogP contribution in [0, 0.1) is 13.8 Å². The lowest BCUT2D eigenvalue weighted by Gasteiger charge is -2.35. The van der Waals surface area contributed by atoms with Crippen molar-refractivity contribution in [2.45, 2.75) is 57.8 Å². The Balaban J connectivity index is 1.16. The third kappa shape index (κ3) is 5.10. The lowest BCUT2D eigenvalue weighted by Crippen LogP contribution is -2.28. The van der Waals surface area contributed by atoms with E-state index in [1.807, 2.05) is 0 Å². The molecule has 0 atom stereocenters. The molecule has 302 valence electrons. The molecule has 3 aliphatic carbocycles. The van der Waals surface area contributed by atoms with Crippen molar-refractivity contribution in [1.82, 2.24) is 0 Å². The Kier molecular flexibility index (Phi) is 8.08. The van der Waals surface area contributed by atoms with Gasteiger partial charge < -0.3 is 0 Å². The highest BCUT2D eigenvalue weighted by Crippen LogP contribution is 2.61. The summed E-state index contributed by atoms with van der Waals surface area (Å²) in [4.78, 5) is 0. The van der Waals surface area contributed by atoms with Gasteiger partial charge in [-0.3, -0.25) is 0 Å². The van der Waals surface area contributed by atoms with E-state index in [1.54, 1.807) is 0 Å². The molecule has 0 radical (unpaired) electrons. The molecule has 9 aromatic rings. The Morgan fingerprint density at radius 2 is 0.651 bits per heavy atom. The first kappa shape index (κ1) is 37.7. The molecule has 63 heavy (non-hydrogen) atoms. The summed E-state index contributed by atoms with van der Waals surface area (Å²) in [6.45, 7) is 14.1. The smallest absolute Gasteiger partial charge is 0.0620 e. The fourth-order valence-electron chi connectivity index (χ4n) is 12.3. The Morgan fingerprint density at radius 1 is 0.270 bits per heavy atom. The quantitative estimate of drug-likeness (QED) is 0.163. The van der Waals surface area contributed by atoms with Crippen molar-refractivity contribution in [1.29, 1.82) is 0 Å². The maximum absolute atomic E-state index is 2.52. The summed E-state index contributed by atoms with van der Waals surface area (Å²) >= 11 is 0. The molecule has 3 aliphatic rings. The standard InChI is InChI=1S/C63H50/c1-39-19-7-8-25-45(39)48-30-18-36-56-60(48)57-40(2)20-13-35-55(57)63(56,43-23-14-21-41(37-43)46-28-16-33-53-58(46)49-26-9-11-31-51(49)61(53,3)4)44-24-15-22-42(38-44)47-29-17-34-54-59(47)50-27-10-12-32-52(50)62(54,5)6/h7-38H,1-6H3. The highest BCUT2D eigenvalue weighted by molar-refractivity contribution is 5.99. The lowest BCUT2D eigenvalue weighted by molar-refractivity contribution is 0.660. The van der Waals surface area contributed by atoms with E-state index in [0.29, 0.717) is 0 Å². The van der Waals surface area contributed by atoms with E-state index >= 15 is 0 Å². The maximum atomic E-state index is 2.52. The van der Waals surface area contributed by atoms with Gasteiger partial charge >= 0.3 is 0 Å². The maximum Gasteiger partial charge on any atom is 0.0714 e. The van der Waals surface area contributed by atoms with Crippen LogP contribution in [0.3, 0.4) is 0 Å². The van der Waals surface area contributed by atoms with Gasteiger partial charge in [-0.1, -0.05) is 210 Å². The Bertz CT molecular complexity index is 3220. The number of hydrogen-bond acceptors (Lipinski definition) is 0. The summed E-state index contributed by atoms with van der Waals surface area (Å²) in [5.41, 5.74) is 28.3. The SMILES string of the molecule is Cc1ccccc1-c1cccc2c1-c1c(C)cccc1C2(c1cccc(-c2cccc3c2-c2ccccc2C3(C)C)c1)c1cccc(-c2cccc3c2-c2ccccc2C3(C)C)c1. The summed E-state index contributed by atoms with van der Waals surface area (Å²) in [7, 11) is 0. The van der Waals surface area contributed by atoms with Gasteiger partial charge in [-0.25, -0.2) is 0 Å². The molecule has 0 amide bonds. The van der Waals surface area contributed by atoms with Crippen LogP contribution >= 0.6 is 0 Å². The topological polar surface area (TPSA) is 0 Å². The predicted molar refractivity (Wildman–Crippen MR) is 265 cm³/mol. The third-order valence-electron chi connectivity index (χ3n) is 15.3. The van der Waals surface area contributed by atoms with Crippen LogP contribution in [0.15, 0.2) is 194 Å². The number of aryl methyl sites for hydroxylation is 2. The van der Waals surface area contributed by atoms with Gasteiger partial charge in [0, 0.05) is 10.8 Å². The minimum atomic E-state index is -0.619. The van der Waals surface area contributed by atoms with Crippen molar-refractivity contribution in [3.8, 4) is 66.8 Å². The van der Waals surface area contributed by atoms with E-state index in [1.165, 1.54) is 122 Å². The van der Waals surface area contributed by atoms with Gasteiger partial charge in [0.2, 0.25) is 0 Å². The van der Waals surface area contributed by atoms with Crippen molar-refractivity contribution in [2.24, 2.45) is 0 Å². The van der Waals surface area contributed by atoms with Gasteiger partial charge in [-0.05, 0) is 148 Å². The average Bonchev–Trinajstić information content (AvgIpc) is 3.85. The Labute approximate surface area is 372 Å². The van der Waals surface area contributed by atoms with Crippen LogP contribution in [0.2, 0.25) is 0 Å². The molecule has 0 aromatic heterocycles. The Hall–Kier alpha value is -7.02. The van der Waals surface area contributed by atoms with E-state index in [9.17, 15) is 0 Å². The first-order valence-electron chi connectivity index (χ1n) is 22.6. The molecule has 0 saturated heterocycles. The molecule has 0 heteroatoms. The minimum absolute atomic E-state index is 0.0820. The van der Waals surface area contributed by atoms with Crippen LogP contribution in [0.1, 0.15) is 83.3 Å². The second-order valence-electron chi connectivity index (χ2n) is 19.2. The molecular weight excluding hydrogens is 757 g/mol. The van der Waals surface area contributed by atoms with Crippen LogP contribution in [-0.4, -0.2) is 0 Å². The number of benzene rings is 9.